The van der Waals surface area contributed by atoms with Crippen molar-refractivity contribution in [2.45, 2.75) is 92.9 Å². The van der Waals surface area contributed by atoms with Gasteiger partial charge >= 0.3 is 5.97 Å². The highest BCUT2D eigenvalue weighted by molar-refractivity contribution is 6.07. The molecule has 6 heteroatoms. The first-order chi connectivity index (χ1) is 18.2. The summed E-state index contributed by atoms with van der Waals surface area (Å²) in [4.78, 5) is 37.6. The van der Waals surface area contributed by atoms with E-state index in [9.17, 15) is 14.4 Å². The molecule has 0 heterocycles. The molecule has 6 nitrogen and oxygen atoms in total. The van der Waals surface area contributed by atoms with E-state index in [0.29, 0.717) is 5.92 Å². The van der Waals surface area contributed by atoms with Crippen molar-refractivity contribution >= 4 is 17.7 Å². The van der Waals surface area contributed by atoms with Gasteiger partial charge in [0.25, 0.3) is 0 Å². The van der Waals surface area contributed by atoms with Crippen LogP contribution in [-0.2, 0) is 23.9 Å². The minimum atomic E-state index is -0.514. The number of primary amides is 1. The van der Waals surface area contributed by atoms with E-state index in [0.717, 1.165) is 68.1 Å². The molecular formula is C33H45NO5. The second-order valence-electron chi connectivity index (χ2n) is 13.9. The number of allylic oxidation sites excluding steroid dienone is 7. The van der Waals surface area contributed by atoms with Gasteiger partial charge in [-0.15, -0.1) is 0 Å². The minimum absolute atomic E-state index is 0.0555. The fraction of sp³-hybridized carbons (Fsp3) is 0.667. The van der Waals surface area contributed by atoms with Crippen LogP contribution in [0.1, 0.15) is 92.9 Å². The quantitative estimate of drug-likeness (QED) is 0.428. The van der Waals surface area contributed by atoms with Gasteiger partial charge in [-0.2, -0.15) is 0 Å². The Bertz CT molecular complexity index is 1270. The largest absolute Gasteiger partial charge is 0.477 e. The normalized spacial score (nSPS) is 41.2. The van der Waals surface area contributed by atoms with E-state index >= 15 is 0 Å². The first kappa shape index (κ1) is 27.9. The molecule has 2 N–H and O–H groups in total. The Kier molecular flexibility index (Phi) is 6.40. The van der Waals surface area contributed by atoms with Crippen molar-refractivity contribution in [2.75, 3.05) is 13.7 Å². The number of nitrogens with two attached hydrogens (primary N) is 1. The number of carbonyl (C=O) groups is 3. The van der Waals surface area contributed by atoms with Crippen molar-refractivity contribution in [1.29, 1.82) is 0 Å². The van der Waals surface area contributed by atoms with Gasteiger partial charge in [0.2, 0.25) is 11.7 Å². The van der Waals surface area contributed by atoms with Gasteiger partial charge in [0.15, 0.2) is 12.4 Å². The lowest BCUT2D eigenvalue weighted by Crippen LogP contribution is -2.63. The predicted molar refractivity (Wildman–Crippen MR) is 150 cm³/mol. The summed E-state index contributed by atoms with van der Waals surface area (Å²) in [5.74, 6) is -0.226. The van der Waals surface area contributed by atoms with E-state index in [1.165, 1.54) is 12.7 Å². The molecule has 39 heavy (non-hydrogen) atoms. The number of methoxy groups -OCH3 is 1. The third kappa shape index (κ3) is 3.69. The number of ether oxygens (including phenoxy) is 2. The molecule has 5 aliphatic rings. The fourth-order valence-corrected chi connectivity index (χ4v) is 9.61. The molecule has 0 spiro atoms. The summed E-state index contributed by atoms with van der Waals surface area (Å²) in [6.07, 6.45) is 14.3. The van der Waals surface area contributed by atoms with Crippen molar-refractivity contribution in [3.05, 3.63) is 46.3 Å². The van der Waals surface area contributed by atoms with E-state index in [1.54, 1.807) is 6.08 Å². The smallest absolute Gasteiger partial charge is 0.343 e. The van der Waals surface area contributed by atoms with Gasteiger partial charge in [-0.05, 0) is 97.7 Å². The van der Waals surface area contributed by atoms with E-state index in [1.807, 2.05) is 6.92 Å². The average Bonchev–Trinajstić information content (AvgIpc) is 2.89. The van der Waals surface area contributed by atoms with Crippen molar-refractivity contribution in [3.63, 3.8) is 0 Å². The number of carbonyl (C=O) groups excluding carboxylic acids is 3. The SMILES string of the molecule is CC[C@@]12CC[C@@]3(C)C4=CC(=O)C(OCC(=O)OC)=C(C)C4=CC=C3[C@@]1(C)CC[C@@]1(C)CC[C@@](C)(C(N)=O)C[C@H]12. The van der Waals surface area contributed by atoms with Crippen LogP contribution in [0, 0.1) is 33.0 Å². The number of fused-ring (bicyclic) bond motifs is 7. The van der Waals surface area contributed by atoms with Gasteiger partial charge in [0.05, 0.1) is 7.11 Å². The Labute approximate surface area is 233 Å². The molecule has 0 saturated heterocycles. The highest BCUT2D eigenvalue weighted by Gasteiger charge is 2.68. The molecule has 3 fully saturated rings. The average molecular weight is 536 g/mol. The fourth-order valence-electron chi connectivity index (χ4n) is 9.61. The third-order valence-electron chi connectivity index (χ3n) is 12.3. The molecule has 0 aromatic carbocycles. The Morgan fingerprint density at radius 1 is 1.03 bits per heavy atom. The maximum absolute atomic E-state index is 13.3. The van der Waals surface area contributed by atoms with Crippen molar-refractivity contribution in [1.82, 2.24) is 0 Å². The molecule has 1 amide bonds. The zero-order chi connectivity index (χ0) is 28.6. The van der Waals surface area contributed by atoms with Crippen LogP contribution < -0.4 is 5.73 Å². The number of ketones is 1. The van der Waals surface area contributed by atoms with Crippen molar-refractivity contribution in [2.24, 2.45) is 38.7 Å². The molecule has 3 saturated carbocycles. The number of hydrogen-bond donors (Lipinski definition) is 1. The third-order valence-corrected chi connectivity index (χ3v) is 12.3. The van der Waals surface area contributed by atoms with Gasteiger partial charge in [-0.3, -0.25) is 9.59 Å². The van der Waals surface area contributed by atoms with Gasteiger partial charge < -0.3 is 15.2 Å². The summed E-state index contributed by atoms with van der Waals surface area (Å²) < 4.78 is 10.3. The van der Waals surface area contributed by atoms with Gasteiger partial charge in [-0.25, -0.2) is 4.79 Å². The molecule has 0 aromatic rings. The molecule has 6 atom stereocenters. The molecule has 0 aliphatic heterocycles. The van der Waals surface area contributed by atoms with Crippen LogP contribution in [0.15, 0.2) is 46.3 Å². The Hall–Kier alpha value is -2.63. The molecule has 212 valence electrons. The Morgan fingerprint density at radius 2 is 1.72 bits per heavy atom. The Balaban J connectivity index is 1.60. The summed E-state index contributed by atoms with van der Waals surface area (Å²) in [7, 11) is 1.31. The van der Waals surface area contributed by atoms with Crippen LogP contribution in [0.25, 0.3) is 0 Å². The number of amides is 1. The first-order valence-corrected chi connectivity index (χ1v) is 14.6. The Morgan fingerprint density at radius 3 is 2.36 bits per heavy atom. The second-order valence-corrected chi connectivity index (χ2v) is 13.9. The van der Waals surface area contributed by atoms with Crippen LogP contribution >= 0.6 is 0 Å². The van der Waals surface area contributed by atoms with Crippen LogP contribution in [0.4, 0.5) is 0 Å². The topological polar surface area (TPSA) is 95.7 Å². The van der Waals surface area contributed by atoms with Crippen LogP contribution in [-0.4, -0.2) is 31.4 Å². The highest BCUT2D eigenvalue weighted by atomic mass is 16.6. The minimum Gasteiger partial charge on any atom is -0.477 e. The number of rotatable bonds is 5. The maximum Gasteiger partial charge on any atom is 0.343 e. The second kappa shape index (κ2) is 8.94. The molecule has 0 radical (unpaired) electrons. The maximum atomic E-state index is 13.3. The molecule has 0 bridgehead atoms. The summed E-state index contributed by atoms with van der Waals surface area (Å²) in [5.41, 5.74) is 9.77. The standard InChI is InChI=1S/C33H45NO5/c1-8-33-16-14-31(5)22-17-23(35)27(39-19-26(36)38-7)20(2)21(22)9-10-24(31)32(33,6)15-13-29(3)11-12-30(4,28(34)37)18-25(29)33/h9-10,17,25H,8,11-16,18-19H2,1-7H3,(H2,34,37)/t25-,29-,30-,31+,32-,33+/m1/s1. The van der Waals surface area contributed by atoms with E-state index < -0.39 is 11.4 Å². The van der Waals surface area contributed by atoms with Crippen molar-refractivity contribution in [3.8, 4) is 0 Å². The zero-order valence-electron chi connectivity index (χ0n) is 24.8. The lowest BCUT2D eigenvalue weighted by molar-refractivity contribution is -0.176. The van der Waals surface area contributed by atoms with Crippen LogP contribution in [0.2, 0.25) is 0 Å². The highest BCUT2D eigenvalue weighted by Crippen LogP contribution is 2.76. The molecule has 0 unspecified atom stereocenters. The summed E-state index contributed by atoms with van der Waals surface area (Å²) in [5, 5.41) is 0. The van der Waals surface area contributed by atoms with E-state index in [4.69, 9.17) is 15.2 Å². The van der Waals surface area contributed by atoms with Crippen LogP contribution in [0.5, 0.6) is 0 Å². The lowest BCUT2D eigenvalue weighted by Gasteiger charge is -2.71. The molecular weight excluding hydrogens is 490 g/mol. The predicted octanol–water partition coefficient (Wildman–Crippen LogP) is 6.12. The molecule has 0 aromatic heterocycles. The van der Waals surface area contributed by atoms with E-state index in [2.05, 4.69) is 46.8 Å². The summed E-state index contributed by atoms with van der Waals surface area (Å²) in [6, 6.07) is 0. The molecule has 5 aliphatic carbocycles. The van der Waals surface area contributed by atoms with E-state index in [-0.39, 0.29) is 45.7 Å². The summed E-state index contributed by atoms with van der Waals surface area (Å²) >= 11 is 0. The van der Waals surface area contributed by atoms with Gasteiger partial charge in [0.1, 0.15) is 0 Å². The summed E-state index contributed by atoms with van der Waals surface area (Å²) in [6.45, 7) is 13.3. The zero-order valence-corrected chi connectivity index (χ0v) is 24.8. The van der Waals surface area contributed by atoms with Gasteiger partial charge in [0, 0.05) is 16.4 Å². The molecule has 5 rings (SSSR count). The van der Waals surface area contributed by atoms with Crippen molar-refractivity contribution < 1.29 is 23.9 Å². The monoisotopic (exact) mass is 535 g/mol. The lowest BCUT2D eigenvalue weighted by atomic mass is 9.33. The van der Waals surface area contributed by atoms with Crippen LogP contribution in [0.3, 0.4) is 0 Å². The first-order valence-electron chi connectivity index (χ1n) is 14.6. The number of hydrogen-bond acceptors (Lipinski definition) is 5. The number of esters is 1. The van der Waals surface area contributed by atoms with Gasteiger partial charge in [-0.1, -0.05) is 52.3 Å².